The molecule has 0 unspecified atom stereocenters. The van der Waals surface area contributed by atoms with Crippen molar-refractivity contribution < 1.29 is 4.79 Å². The number of fused-ring (bicyclic) bond motifs is 2. The molecule has 1 fully saturated rings. The Bertz CT molecular complexity index is 272. The van der Waals surface area contributed by atoms with E-state index >= 15 is 0 Å². The first-order chi connectivity index (χ1) is 6.25. The summed E-state index contributed by atoms with van der Waals surface area (Å²) in [5, 5.41) is 3.79. The highest BCUT2D eigenvalue weighted by atomic mass is 16.2. The number of carbonyl (C=O) groups is 1. The van der Waals surface area contributed by atoms with Crippen LogP contribution < -0.4 is 11.2 Å². The van der Waals surface area contributed by atoms with Gasteiger partial charge >= 0.3 is 6.03 Å². The monoisotopic (exact) mass is 179 g/mol. The van der Waals surface area contributed by atoms with Crippen molar-refractivity contribution in [3.8, 4) is 0 Å². The first kappa shape index (κ1) is 8.29. The number of nitrogens with two attached hydrogens (primary N) is 1. The molecule has 4 nitrogen and oxygen atoms in total. The second kappa shape index (κ2) is 3.20. The summed E-state index contributed by atoms with van der Waals surface area (Å²) in [5.41, 5.74) is 7.09. The molecule has 2 aliphatic carbocycles. The molecule has 2 aliphatic rings. The van der Waals surface area contributed by atoms with E-state index in [1.165, 1.54) is 6.42 Å². The molecule has 0 heterocycles. The van der Waals surface area contributed by atoms with Gasteiger partial charge in [0.05, 0.1) is 0 Å². The number of nitrogens with one attached hydrogen (secondary N) is 1. The van der Waals surface area contributed by atoms with Crippen LogP contribution in [-0.2, 0) is 0 Å². The Balaban J connectivity index is 1.86. The van der Waals surface area contributed by atoms with Gasteiger partial charge in [-0.1, -0.05) is 12.2 Å². The number of hydrogen-bond donors (Lipinski definition) is 2. The van der Waals surface area contributed by atoms with Gasteiger partial charge in [0.15, 0.2) is 0 Å². The summed E-state index contributed by atoms with van der Waals surface area (Å²) in [6.45, 7) is 0. The minimum Gasteiger partial charge on any atom is -0.350 e. The third-order valence-corrected chi connectivity index (χ3v) is 2.77. The van der Waals surface area contributed by atoms with Gasteiger partial charge < -0.3 is 5.73 Å². The highest BCUT2D eigenvalue weighted by Crippen LogP contribution is 2.42. The summed E-state index contributed by atoms with van der Waals surface area (Å²) in [6.07, 6.45) is 8.73. The van der Waals surface area contributed by atoms with Gasteiger partial charge in [-0.25, -0.2) is 10.2 Å². The summed E-state index contributed by atoms with van der Waals surface area (Å²) >= 11 is 0. The van der Waals surface area contributed by atoms with Crippen LogP contribution in [0.4, 0.5) is 4.79 Å². The first-order valence-corrected chi connectivity index (χ1v) is 4.52. The number of primary amides is 1. The highest BCUT2D eigenvalue weighted by molar-refractivity contribution is 5.73. The van der Waals surface area contributed by atoms with Gasteiger partial charge in [-0.2, -0.15) is 5.10 Å². The van der Waals surface area contributed by atoms with E-state index in [9.17, 15) is 4.79 Å². The molecule has 3 atom stereocenters. The summed E-state index contributed by atoms with van der Waals surface area (Å²) in [5.74, 6) is 1.85. The van der Waals surface area contributed by atoms with E-state index in [1.54, 1.807) is 6.21 Å². The Morgan fingerprint density at radius 2 is 2.38 bits per heavy atom. The predicted molar refractivity (Wildman–Crippen MR) is 50.1 cm³/mol. The van der Waals surface area contributed by atoms with Gasteiger partial charge in [-0.15, -0.1) is 0 Å². The smallest absolute Gasteiger partial charge is 0.332 e. The number of urea groups is 1. The lowest BCUT2D eigenvalue weighted by atomic mass is 9.95. The zero-order valence-electron chi connectivity index (χ0n) is 7.31. The number of rotatable bonds is 2. The van der Waals surface area contributed by atoms with Crippen LogP contribution in [0, 0.1) is 17.8 Å². The normalized spacial score (nSPS) is 35.8. The van der Waals surface area contributed by atoms with Crippen LogP contribution in [0.2, 0.25) is 0 Å². The maximum absolute atomic E-state index is 10.3. The van der Waals surface area contributed by atoms with Gasteiger partial charge in [0.2, 0.25) is 0 Å². The molecule has 0 radical (unpaired) electrons. The van der Waals surface area contributed by atoms with Crippen LogP contribution in [0.25, 0.3) is 0 Å². The molecule has 0 aliphatic heterocycles. The fraction of sp³-hybridized carbons (Fsp3) is 0.556. The topological polar surface area (TPSA) is 67.5 Å². The summed E-state index contributed by atoms with van der Waals surface area (Å²) in [6, 6.07) is -0.602. The minimum absolute atomic E-state index is 0.488. The molecular weight excluding hydrogens is 166 g/mol. The average molecular weight is 179 g/mol. The van der Waals surface area contributed by atoms with Crippen LogP contribution in [0.15, 0.2) is 17.3 Å². The maximum atomic E-state index is 10.3. The van der Waals surface area contributed by atoms with Crippen molar-refractivity contribution in [2.75, 3.05) is 0 Å². The molecule has 4 heteroatoms. The van der Waals surface area contributed by atoms with Crippen LogP contribution in [-0.4, -0.2) is 12.2 Å². The number of carbonyl (C=O) groups excluding carboxylic acids is 1. The third-order valence-electron chi connectivity index (χ3n) is 2.77. The van der Waals surface area contributed by atoms with Crippen molar-refractivity contribution in [3.63, 3.8) is 0 Å². The van der Waals surface area contributed by atoms with E-state index in [0.717, 1.165) is 12.3 Å². The lowest BCUT2D eigenvalue weighted by molar-refractivity contribution is 0.249. The van der Waals surface area contributed by atoms with Crippen molar-refractivity contribution in [1.82, 2.24) is 5.43 Å². The second-order valence-corrected chi connectivity index (χ2v) is 3.70. The van der Waals surface area contributed by atoms with E-state index in [4.69, 9.17) is 5.73 Å². The van der Waals surface area contributed by atoms with E-state index < -0.39 is 6.03 Å². The summed E-state index contributed by atoms with van der Waals surface area (Å²) in [7, 11) is 0. The van der Waals surface area contributed by atoms with Crippen molar-refractivity contribution in [2.24, 2.45) is 28.6 Å². The van der Waals surface area contributed by atoms with Gasteiger partial charge in [-0.05, 0) is 24.7 Å². The van der Waals surface area contributed by atoms with E-state index in [0.29, 0.717) is 11.8 Å². The molecule has 2 rings (SSSR count). The molecule has 2 amide bonds. The first-order valence-electron chi connectivity index (χ1n) is 4.52. The van der Waals surface area contributed by atoms with E-state index in [2.05, 4.69) is 22.7 Å². The molecule has 1 saturated carbocycles. The molecule has 13 heavy (non-hydrogen) atoms. The molecule has 0 spiro atoms. The Labute approximate surface area is 76.9 Å². The number of hydrazone groups is 1. The van der Waals surface area contributed by atoms with Crippen molar-refractivity contribution in [1.29, 1.82) is 0 Å². The SMILES string of the molecule is NC(=O)N/N=C\[C@@H]1C[C@@H]2C=C[C@@H]1C2. The zero-order chi connectivity index (χ0) is 9.26. The highest BCUT2D eigenvalue weighted by Gasteiger charge is 2.34. The molecule has 0 saturated heterocycles. The van der Waals surface area contributed by atoms with E-state index in [1.807, 2.05) is 0 Å². The fourth-order valence-corrected chi connectivity index (χ4v) is 2.19. The average Bonchev–Trinajstić information content (AvgIpc) is 2.64. The number of allylic oxidation sites excluding steroid dienone is 2. The quantitative estimate of drug-likeness (QED) is 0.368. The van der Waals surface area contributed by atoms with E-state index in [-0.39, 0.29) is 0 Å². The van der Waals surface area contributed by atoms with Crippen molar-refractivity contribution in [3.05, 3.63) is 12.2 Å². The Morgan fingerprint density at radius 3 is 2.92 bits per heavy atom. The van der Waals surface area contributed by atoms with Gasteiger partial charge in [0.25, 0.3) is 0 Å². The van der Waals surface area contributed by atoms with Crippen molar-refractivity contribution >= 4 is 12.2 Å². The Morgan fingerprint density at radius 1 is 1.54 bits per heavy atom. The zero-order valence-corrected chi connectivity index (χ0v) is 7.31. The number of nitrogens with zero attached hydrogens (tertiary/aromatic N) is 1. The largest absolute Gasteiger partial charge is 0.350 e. The molecule has 0 aromatic carbocycles. The maximum Gasteiger partial charge on any atom is 0.332 e. The lowest BCUT2D eigenvalue weighted by Crippen LogP contribution is -2.25. The van der Waals surface area contributed by atoms with Gasteiger partial charge in [0.1, 0.15) is 0 Å². The second-order valence-electron chi connectivity index (χ2n) is 3.70. The lowest BCUT2D eigenvalue weighted by Gasteiger charge is -2.11. The standard InChI is InChI=1S/C9H13N3O/c10-9(13)12-11-5-8-4-6-1-2-7(8)3-6/h1-2,5-8H,3-4H2,(H3,10,12,13)/b11-5-/t6-,7-,8+/m1/s1. The molecule has 3 N–H and O–H groups in total. The predicted octanol–water partition coefficient (Wildman–Crippen LogP) is 0.853. The Hall–Kier alpha value is -1.32. The van der Waals surface area contributed by atoms with Crippen LogP contribution in [0.3, 0.4) is 0 Å². The Kier molecular flexibility index (Phi) is 2.04. The van der Waals surface area contributed by atoms with Crippen LogP contribution >= 0.6 is 0 Å². The molecular formula is C9H13N3O. The van der Waals surface area contributed by atoms with Crippen LogP contribution in [0.1, 0.15) is 12.8 Å². The minimum atomic E-state index is -0.602. The number of amides is 2. The van der Waals surface area contributed by atoms with Crippen LogP contribution in [0.5, 0.6) is 0 Å². The van der Waals surface area contributed by atoms with Crippen molar-refractivity contribution in [2.45, 2.75) is 12.8 Å². The molecule has 2 bridgehead atoms. The molecule has 0 aromatic heterocycles. The summed E-state index contributed by atoms with van der Waals surface area (Å²) < 4.78 is 0. The third kappa shape index (κ3) is 1.71. The summed E-state index contributed by atoms with van der Waals surface area (Å²) in [4.78, 5) is 10.3. The molecule has 70 valence electrons. The molecule has 0 aromatic rings. The van der Waals surface area contributed by atoms with Gasteiger partial charge in [0, 0.05) is 12.1 Å². The van der Waals surface area contributed by atoms with Gasteiger partial charge in [-0.3, -0.25) is 0 Å². The number of hydrogen-bond acceptors (Lipinski definition) is 2. The fourth-order valence-electron chi connectivity index (χ4n) is 2.19.